The molecule has 12 rings (SSSR count). The molecule has 0 saturated carbocycles. The lowest BCUT2D eigenvalue weighted by Gasteiger charge is -2.31. The van der Waals surface area contributed by atoms with Crippen LogP contribution in [-0.2, 0) is 0 Å². The summed E-state index contributed by atoms with van der Waals surface area (Å²) in [6.45, 7) is 0. The smallest absolute Gasteiger partial charge is 0.0626 e. The Hall–Kier alpha value is -8.46. The second-order valence-corrected chi connectivity index (χ2v) is 17.1. The first-order valence-corrected chi connectivity index (χ1v) is 22.9. The predicted molar refractivity (Wildman–Crippen MR) is 279 cm³/mol. The third kappa shape index (κ3) is 6.92. The molecule has 10 aromatic carbocycles. The lowest BCUT2D eigenvalue weighted by atomic mass is 9.83. The normalized spacial score (nSPS) is 13.6. The molecule has 1 aliphatic heterocycles. The van der Waals surface area contributed by atoms with Crippen LogP contribution in [0.1, 0.15) is 23.6 Å². The highest BCUT2D eigenvalue weighted by molar-refractivity contribution is 6.23. The van der Waals surface area contributed by atoms with Crippen molar-refractivity contribution in [3.8, 4) is 61.6 Å². The summed E-state index contributed by atoms with van der Waals surface area (Å²) >= 11 is 0. The molecule has 11 aromatic rings. The molecule has 0 fully saturated rings. The van der Waals surface area contributed by atoms with E-state index in [9.17, 15) is 0 Å². The van der Waals surface area contributed by atoms with E-state index < -0.39 is 0 Å². The number of hydrogen-bond donors (Lipinski definition) is 0. The van der Waals surface area contributed by atoms with Crippen molar-refractivity contribution in [2.24, 2.45) is 0 Å². The van der Waals surface area contributed by atoms with Crippen molar-refractivity contribution in [1.29, 1.82) is 0 Å². The highest BCUT2D eigenvalue weighted by Gasteiger charge is 2.31. The maximum atomic E-state index is 2.58. The Kier molecular flexibility index (Phi) is 10.0. The molecule has 1 atom stereocenters. The zero-order valence-corrected chi connectivity index (χ0v) is 36.5. The molecule has 312 valence electrons. The highest BCUT2D eigenvalue weighted by Crippen LogP contribution is 2.50. The molecule has 2 heteroatoms. The number of hydrogen-bond acceptors (Lipinski definition) is 1. The van der Waals surface area contributed by atoms with Gasteiger partial charge in [-0.3, -0.25) is 0 Å². The van der Waals surface area contributed by atoms with Crippen LogP contribution in [0.4, 0.5) is 5.69 Å². The van der Waals surface area contributed by atoms with E-state index in [4.69, 9.17) is 0 Å². The Labute approximate surface area is 386 Å². The number of anilines is 1. The Balaban J connectivity index is 1.18. The average molecular weight is 843 g/mol. The molecule has 0 radical (unpaired) electrons. The Bertz CT molecular complexity index is 3460. The van der Waals surface area contributed by atoms with Gasteiger partial charge in [-0.2, -0.15) is 0 Å². The maximum Gasteiger partial charge on any atom is 0.0626 e. The molecule has 0 bridgehead atoms. The maximum absolute atomic E-state index is 2.58. The van der Waals surface area contributed by atoms with E-state index in [-0.39, 0.29) is 6.04 Å². The van der Waals surface area contributed by atoms with Gasteiger partial charge in [0.2, 0.25) is 0 Å². The zero-order valence-electron chi connectivity index (χ0n) is 36.5. The van der Waals surface area contributed by atoms with Gasteiger partial charge in [0.15, 0.2) is 0 Å². The van der Waals surface area contributed by atoms with Crippen molar-refractivity contribution in [3.63, 3.8) is 0 Å². The minimum atomic E-state index is 0.152. The standard InChI is InChI=1S/C64H46N2/c1-7-21-45(22-8-1)53-33-19-20-34-54(53)64-56-38-36-51(65-59(46-23-9-2-10-24-46)39-40-60(65)47-25-11-3-12-26-47)43-57(56)63(50-31-17-6-18-32-50)55-37-35-52(44-58(55)64)66-61(48-27-13-4-14-28-48)41-42-62(66)49-29-15-5-16-30-49/h1-39,41-44,60H,40H2. The van der Waals surface area contributed by atoms with Crippen LogP contribution in [0.25, 0.3) is 88.8 Å². The van der Waals surface area contributed by atoms with Crippen molar-refractivity contribution < 1.29 is 0 Å². The molecule has 1 unspecified atom stereocenters. The largest absolute Gasteiger partial charge is 0.333 e. The van der Waals surface area contributed by atoms with E-state index >= 15 is 0 Å². The molecular formula is C64H46N2. The number of aromatic nitrogens is 1. The van der Waals surface area contributed by atoms with Gasteiger partial charge in [-0.05, 0) is 120 Å². The third-order valence-electron chi connectivity index (χ3n) is 13.3. The molecular weight excluding hydrogens is 797 g/mol. The Morgan fingerprint density at radius 1 is 0.318 bits per heavy atom. The fourth-order valence-corrected chi connectivity index (χ4v) is 10.4. The van der Waals surface area contributed by atoms with Crippen LogP contribution >= 0.6 is 0 Å². The van der Waals surface area contributed by atoms with E-state index in [1.54, 1.807) is 0 Å². The van der Waals surface area contributed by atoms with Crippen LogP contribution in [0.15, 0.2) is 261 Å². The van der Waals surface area contributed by atoms with Crippen LogP contribution in [0, 0.1) is 0 Å². The lowest BCUT2D eigenvalue weighted by molar-refractivity contribution is 0.749. The van der Waals surface area contributed by atoms with Gasteiger partial charge in [0.05, 0.1) is 17.4 Å². The van der Waals surface area contributed by atoms with E-state index in [1.807, 2.05) is 0 Å². The summed E-state index contributed by atoms with van der Waals surface area (Å²) in [6.07, 6.45) is 3.34. The second-order valence-electron chi connectivity index (χ2n) is 17.1. The Morgan fingerprint density at radius 3 is 1.35 bits per heavy atom. The fraction of sp³-hybridized carbons (Fsp3) is 0.0312. The number of nitrogens with zero attached hydrogens (tertiary/aromatic N) is 2. The fourth-order valence-electron chi connectivity index (χ4n) is 10.4. The van der Waals surface area contributed by atoms with Crippen molar-refractivity contribution >= 4 is 32.9 Å². The van der Waals surface area contributed by atoms with Crippen LogP contribution < -0.4 is 4.90 Å². The van der Waals surface area contributed by atoms with Crippen molar-refractivity contribution in [2.45, 2.75) is 12.5 Å². The van der Waals surface area contributed by atoms with E-state index in [1.165, 1.54) is 88.6 Å². The van der Waals surface area contributed by atoms with Gasteiger partial charge in [-0.15, -0.1) is 0 Å². The topological polar surface area (TPSA) is 8.17 Å². The molecule has 2 nitrogen and oxygen atoms in total. The average Bonchev–Trinajstić information content (AvgIpc) is 4.06. The van der Waals surface area contributed by atoms with E-state index in [0.29, 0.717) is 0 Å². The molecule has 0 spiro atoms. The van der Waals surface area contributed by atoms with Gasteiger partial charge in [0.1, 0.15) is 0 Å². The van der Waals surface area contributed by atoms with Crippen LogP contribution in [0.3, 0.4) is 0 Å². The first-order valence-electron chi connectivity index (χ1n) is 22.9. The first kappa shape index (κ1) is 39.2. The molecule has 2 heterocycles. The van der Waals surface area contributed by atoms with E-state index in [2.05, 4.69) is 270 Å². The highest BCUT2D eigenvalue weighted by atomic mass is 15.2. The first-order chi connectivity index (χ1) is 32.8. The van der Waals surface area contributed by atoms with Crippen molar-refractivity contribution in [2.75, 3.05) is 4.90 Å². The predicted octanol–water partition coefficient (Wildman–Crippen LogP) is 17.1. The molecule has 1 aliphatic rings. The van der Waals surface area contributed by atoms with Gasteiger partial charge in [0, 0.05) is 17.1 Å². The van der Waals surface area contributed by atoms with Crippen molar-refractivity contribution in [3.05, 3.63) is 272 Å². The second kappa shape index (κ2) is 16.9. The number of rotatable bonds is 9. The molecule has 0 saturated heterocycles. The molecule has 0 N–H and O–H groups in total. The quantitative estimate of drug-likeness (QED) is 0.131. The molecule has 0 aliphatic carbocycles. The van der Waals surface area contributed by atoms with Gasteiger partial charge >= 0.3 is 0 Å². The summed E-state index contributed by atoms with van der Waals surface area (Å²) in [4.78, 5) is 2.58. The number of fused-ring (bicyclic) bond motifs is 2. The number of benzene rings is 10. The van der Waals surface area contributed by atoms with Crippen molar-refractivity contribution in [1.82, 2.24) is 4.57 Å². The Morgan fingerprint density at radius 2 is 0.758 bits per heavy atom. The van der Waals surface area contributed by atoms with Gasteiger partial charge < -0.3 is 9.47 Å². The van der Waals surface area contributed by atoms with E-state index in [0.717, 1.165) is 23.5 Å². The molecule has 1 aromatic heterocycles. The summed E-state index contributed by atoms with van der Waals surface area (Å²) in [5, 5.41) is 4.85. The summed E-state index contributed by atoms with van der Waals surface area (Å²) in [7, 11) is 0. The third-order valence-corrected chi connectivity index (χ3v) is 13.3. The van der Waals surface area contributed by atoms with Gasteiger partial charge in [-0.1, -0.05) is 224 Å². The van der Waals surface area contributed by atoms with Gasteiger partial charge in [0.25, 0.3) is 0 Å². The van der Waals surface area contributed by atoms with Crippen LogP contribution in [0.2, 0.25) is 0 Å². The summed E-state index contributed by atoms with van der Waals surface area (Å²) < 4.78 is 2.45. The summed E-state index contributed by atoms with van der Waals surface area (Å²) in [5.41, 5.74) is 17.9. The van der Waals surface area contributed by atoms with Crippen LogP contribution in [-0.4, -0.2) is 4.57 Å². The SMILES string of the molecule is C1=C(c2ccccc2)N(c2ccc3c(-c4ccccc4-c4ccccc4)c4cc(-n5c(-c6ccccc6)ccc5-c5ccccc5)ccc4c(-c4ccccc4)c3c2)C(c2ccccc2)C1. The monoisotopic (exact) mass is 842 g/mol. The minimum Gasteiger partial charge on any atom is -0.333 e. The zero-order chi connectivity index (χ0) is 43.8. The van der Waals surface area contributed by atoms with Crippen LogP contribution in [0.5, 0.6) is 0 Å². The molecule has 66 heavy (non-hydrogen) atoms. The lowest BCUT2D eigenvalue weighted by Crippen LogP contribution is -2.22. The van der Waals surface area contributed by atoms with Gasteiger partial charge in [-0.25, -0.2) is 0 Å². The summed E-state index contributed by atoms with van der Waals surface area (Å²) in [5.74, 6) is 0. The minimum absolute atomic E-state index is 0.152. The summed E-state index contributed by atoms with van der Waals surface area (Å²) in [6, 6.07) is 93.4. The molecule has 0 amide bonds.